The molecule has 2 aliphatic rings. The second-order valence-corrected chi connectivity index (χ2v) is 7.40. The molecule has 0 aromatic heterocycles. The van der Waals surface area contributed by atoms with E-state index in [-0.39, 0.29) is 17.4 Å². The Morgan fingerprint density at radius 2 is 2.04 bits per heavy atom. The zero-order chi connectivity index (χ0) is 17.8. The normalized spacial score (nSPS) is 19.5. The standard InChI is InChI=1S/C22H23NO2/c1-5-7-17-21-14(20-16(24)8-6-9-18(20)25-17)10-11-15-19(21)13(2)12-22(3,4)23-15/h5-6,8-12,17,23-24H,1,7H2,2-4H3/t17-/m0/s1. The fourth-order valence-electron chi connectivity index (χ4n) is 4.12. The Labute approximate surface area is 148 Å². The van der Waals surface area contributed by atoms with Crippen molar-refractivity contribution in [2.24, 2.45) is 0 Å². The van der Waals surface area contributed by atoms with E-state index >= 15 is 0 Å². The molecule has 0 radical (unpaired) electrons. The van der Waals surface area contributed by atoms with E-state index in [1.165, 1.54) is 11.1 Å². The minimum absolute atomic E-state index is 0.0885. The first-order valence-corrected chi connectivity index (χ1v) is 8.66. The van der Waals surface area contributed by atoms with E-state index in [1.54, 1.807) is 6.07 Å². The Balaban J connectivity index is 2.03. The third-order valence-electron chi connectivity index (χ3n) is 4.92. The second-order valence-electron chi connectivity index (χ2n) is 7.40. The van der Waals surface area contributed by atoms with Gasteiger partial charge in [-0.25, -0.2) is 0 Å². The van der Waals surface area contributed by atoms with Crippen molar-refractivity contribution in [1.29, 1.82) is 0 Å². The summed E-state index contributed by atoms with van der Waals surface area (Å²) >= 11 is 0. The van der Waals surface area contributed by atoms with Gasteiger partial charge in [-0.1, -0.05) is 24.3 Å². The van der Waals surface area contributed by atoms with Gasteiger partial charge in [0.15, 0.2) is 0 Å². The van der Waals surface area contributed by atoms with E-state index in [9.17, 15) is 5.11 Å². The zero-order valence-electron chi connectivity index (χ0n) is 14.9. The van der Waals surface area contributed by atoms with Crippen LogP contribution in [0.5, 0.6) is 11.5 Å². The smallest absolute Gasteiger partial charge is 0.131 e. The van der Waals surface area contributed by atoms with Crippen LogP contribution in [0.15, 0.2) is 49.1 Å². The van der Waals surface area contributed by atoms with Crippen LogP contribution in [0.4, 0.5) is 5.69 Å². The number of hydrogen-bond donors (Lipinski definition) is 2. The third kappa shape index (κ3) is 2.42. The summed E-state index contributed by atoms with van der Waals surface area (Å²) in [6.07, 6.45) is 4.75. The number of benzene rings is 2. The van der Waals surface area contributed by atoms with Gasteiger partial charge < -0.3 is 15.2 Å². The molecule has 0 unspecified atom stereocenters. The molecule has 0 saturated heterocycles. The van der Waals surface area contributed by atoms with Gasteiger partial charge in [0.05, 0.1) is 11.1 Å². The lowest BCUT2D eigenvalue weighted by Gasteiger charge is -2.37. The molecular formula is C22H23NO2. The summed E-state index contributed by atoms with van der Waals surface area (Å²) in [5.74, 6) is 0.978. The van der Waals surface area contributed by atoms with E-state index < -0.39 is 0 Å². The molecule has 0 fully saturated rings. The quantitative estimate of drug-likeness (QED) is 0.695. The van der Waals surface area contributed by atoms with Gasteiger partial charge in [-0.05, 0) is 50.1 Å². The maximum absolute atomic E-state index is 10.4. The average Bonchev–Trinajstić information content (AvgIpc) is 2.53. The number of rotatable bonds is 2. The largest absolute Gasteiger partial charge is 0.507 e. The van der Waals surface area contributed by atoms with Crippen molar-refractivity contribution < 1.29 is 9.84 Å². The summed E-state index contributed by atoms with van der Waals surface area (Å²) in [6, 6.07) is 9.64. The number of phenols is 1. The predicted octanol–water partition coefficient (Wildman–Crippen LogP) is 5.68. The highest BCUT2D eigenvalue weighted by atomic mass is 16.5. The van der Waals surface area contributed by atoms with Crippen LogP contribution in [-0.2, 0) is 0 Å². The minimum atomic E-state index is -0.108. The van der Waals surface area contributed by atoms with Crippen molar-refractivity contribution in [2.45, 2.75) is 38.8 Å². The van der Waals surface area contributed by atoms with Gasteiger partial charge in [-0.15, -0.1) is 6.58 Å². The molecule has 0 saturated carbocycles. The third-order valence-corrected chi connectivity index (χ3v) is 4.92. The molecule has 0 bridgehead atoms. The summed E-state index contributed by atoms with van der Waals surface area (Å²) in [7, 11) is 0. The number of phenolic OH excluding ortho intramolecular Hbond substituents is 1. The number of hydrogen-bond acceptors (Lipinski definition) is 3. The maximum Gasteiger partial charge on any atom is 0.131 e. The van der Waals surface area contributed by atoms with Gasteiger partial charge in [-0.2, -0.15) is 0 Å². The van der Waals surface area contributed by atoms with Crippen LogP contribution >= 0.6 is 0 Å². The molecule has 0 spiro atoms. The lowest BCUT2D eigenvalue weighted by molar-refractivity contribution is 0.204. The summed E-state index contributed by atoms with van der Waals surface area (Å²) < 4.78 is 6.26. The number of anilines is 1. The first-order chi connectivity index (χ1) is 11.9. The summed E-state index contributed by atoms with van der Waals surface area (Å²) in [6.45, 7) is 10.4. The highest BCUT2D eigenvalue weighted by molar-refractivity contribution is 5.91. The van der Waals surface area contributed by atoms with Crippen LogP contribution in [0, 0.1) is 0 Å². The molecular weight excluding hydrogens is 310 g/mol. The molecule has 1 atom stereocenters. The van der Waals surface area contributed by atoms with Crippen LogP contribution < -0.4 is 10.1 Å². The molecule has 25 heavy (non-hydrogen) atoms. The topological polar surface area (TPSA) is 41.5 Å². The number of fused-ring (bicyclic) bond motifs is 5. The average molecular weight is 333 g/mol. The maximum atomic E-state index is 10.4. The zero-order valence-corrected chi connectivity index (χ0v) is 14.9. The van der Waals surface area contributed by atoms with Gasteiger partial charge in [0.25, 0.3) is 0 Å². The van der Waals surface area contributed by atoms with Gasteiger partial charge in [0.2, 0.25) is 0 Å². The number of allylic oxidation sites excluding steroid dienone is 1. The Kier molecular flexibility index (Phi) is 3.43. The van der Waals surface area contributed by atoms with Crippen molar-refractivity contribution in [2.75, 3.05) is 5.32 Å². The van der Waals surface area contributed by atoms with Crippen LogP contribution in [0.1, 0.15) is 44.4 Å². The van der Waals surface area contributed by atoms with Crippen molar-refractivity contribution in [3.8, 4) is 22.6 Å². The lowest BCUT2D eigenvalue weighted by Crippen LogP contribution is -2.32. The molecule has 2 aromatic carbocycles. The molecule has 4 rings (SSSR count). The monoisotopic (exact) mass is 333 g/mol. The van der Waals surface area contributed by atoms with E-state index in [1.807, 2.05) is 18.2 Å². The fourth-order valence-corrected chi connectivity index (χ4v) is 4.12. The highest BCUT2D eigenvalue weighted by Crippen LogP contribution is 2.52. The first kappa shape index (κ1) is 15.8. The van der Waals surface area contributed by atoms with E-state index in [0.29, 0.717) is 0 Å². The summed E-state index contributed by atoms with van der Waals surface area (Å²) in [5, 5.41) is 14.0. The molecule has 2 aromatic rings. The molecule has 2 heterocycles. The predicted molar refractivity (Wildman–Crippen MR) is 103 cm³/mol. The van der Waals surface area contributed by atoms with E-state index in [2.05, 4.69) is 50.9 Å². The molecule has 0 aliphatic carbocycles. The summed E-state index contributed by atoms with van der Waals surface area (Å²) in [5.41, 5.74) is 6.38. The highest BCUT2D eigenvalue weighted by Gasteiger charge is 2.34. The lowest BCUT2D eigenvalue weighted by atomic mass is 9.81. The molecule has 3 nitrogen and oxygen atoms in total. The molecule has 3 heteroatoms. The van der Waals surface area contributed by atoms with Crippen molar-refractivity contribution in [3.63, 3.8) is 0 Å². The molecule has 2 N–H and O–H groups in total. The molecule has 0 amide bonds. The number of nitrogens with one attached hydrogen (secondary N) is 1. The van der Waals surface area contributed by atoms with Crippen molar-refractivity contribution in [3.05, 3.63) is 60.2 Å². The molecule has 2 aliphatic heterocycles. The van der Waals surface area contributed by atoms with Crippen LogP contribution in [0.25, 0.3) is 16.7 Å². The van der Waals surface area contributed by atoms with Gasteiger partial charge in [-0.3, -0.25) is 0 Å². The minimum Gasteiger partial charge on any atom is -0.507 e. The fraction of sp³-hybridized carbons (Fsp3) is 0.273. The Bertz CT molecular complexity index is 908. The van der Waals surface area contributed by atoms with E-state index in [0.717, 1.165) is 34.5 Å². The van der Waals surface area contributed by atoms with Crippen LogP contribution in [-0.4, -0.2) is 10.6 Å². The van der Waals surface area contributed by atoms with Crippen LogP contribution in [0.3, 0.4) is 0 Å². The summed E-state index contributed by atoms with van der Waals surface area (Å²) in [4.78, 5) is 0. The van der Waals surface area contributed by atoms with Crippen LogP contribution in [0.2, 0.25) is 0 Å². The number of aromatic hydroxyl groups is 1. The number of ether oxygens (including phenoxy) is 1. The van der Waals surface area contributed by atoms with Gasteiger partial charge >= 0.3 is 0 Å². The van der Waals surface area contributed by atoms with E-state index in [4.69, 9.17) is 4.74 Å². The van der Waals surface area contributed by atoms with Crippen molar-refractivity contribution in [1.82, 2.24) is 0 Å². The Hall–Kier alpha value is -2.68. The Morgan fingerprint density at radius 3 is 2.80 bits per heavy atom. The second kappa shape index (κ2) is 5.41. The van der Waals surface area contributed by atoms with Gasteiger partial charge in [0.1, 0.15) is 17.6 Å². The van der Waals surface area contributed by atoms with Crippen molar-refractivity contribution >= 4 is 11.3 Å². The molecule has 128 valence electrons. The van der Waals surface area contributed by atoms with Gasteiger partial charge in [0, 0.05) is 23.2 Å². The SMILES string of the molecule is C=CC[C@@H]1Oc2cccc(O)c2-c2ccc3c(c21)C(C)=CC(C)(C)N3. The first-order valence-electron chi connectivity index (χ1n) is 8.66. The Morgan fingerprint density at radius 1 is 1.24 bits per heavy atom.